The molecule has 100 valence electrons. The summed E-state index contributed by atoms with van der Waals surface area (Å²) < 4.78 is 0. The van der Waals surface area contributed by atoms with Crippen molar-refractivity contribution >= 4 is 11.6 Å². The lowest BCUT2D eigenvalue weighted by atomic mass is 10.2. The van der Waals surface area contributed by atoms with E-state index in [4.69, 9.17) is 0 Å². The number of rotatable bonds is 6. The van der Waals surface area contributed by atoms with Crippen LogP contribution in [0.25, 0.3) is 0 Å². The highest BCUT2D eigenvalue weighted by atomic mass is 15.2. The molecule has 1 heterocycles. The molecule has 2 rings (SSSR count). The first-order valence-electron chi connectivity index (χ1n) is 6.99. The van der Waals surface area contributed by atoms with Gasteiger partial charge in [0, 0.05) is 25.2 Å². The zero-order valence-corrected chi connectivity index (χ0v) is 12.0. The molecular formula is C14H24N4. The van der Waals surface area contributed by atoms with E-state index in [1.807, 2.05) is 6.92 Å². The third-order valence-corrected chi connectivity index (χ3v) is 3.43. The Bertz CT molecular complexity index is 413. The Balaban J connectivity index is 2.28. The smallest absolute Gasteiger partial charge is 0.137 e. The number of aryl methyl sites for hydroxylation is 1. The first-order chi connectivity index (χ1) is 8.65. The highest BCUT2D eigenvalue weighted by molar-refractivity contribution is 5.58. The van der Waals surface area contributed by atoms with Crippen LogP contribution in [0.3, 0.4) is 0 Å². The SMILES string of the molecule is CCNc1nc(C)nc(N(CC)CC2CC2)c1C. The summed E-state index contributed by atoms with van der Waals surface area (Å²) in [4.78, 5) is 11.5. The molecule has 0 saturated heterocycles. The van der Waals surface area contributed by atoms with E-state index < -0.39 is 0 Å². The van der Waals surface area contributed by atoms with E-state index in [1.54, 1.807) is 0 Å². The molecule has 4 heteroatoms. The fourth-order valence-electron chi connectivity index (χ4n) is 2.24. The van der Waals surface area contributed by atoms with Crippen LogP contribution in [0.4, 0.5) is 11.6 Å². The predicted octanol–water partition coefficient (Wildman–Crippen LogP) is 2.76. The summed E-state index contributed by atoms with van der Waals surface area (Å²) in [6.07, 6.45) is 2.75. The second kappa shape index (κ2) is 5.55. The Labute approximate surface area is 110 Å². The standard InChI is InChI=1S/C14H24N4/c1-5-15-13-10(3)14(17-11(4)16-13)18(6-2)9-12-7-8-12/h12H,5-9H2,1-4H3,(H,15,16,17). The summed E-state index contributed by atoms with van der Waals surface area (Å²) in [5.74, 6) is 3.81. The number of nitrogens with zero attached hydrogens (tertiary/aromatic N) is 3. The number of aromatic nitrogens is 2. The van der Waals surface area contributed by atoms with Gasteiger partial charge >= 0.3 is 0 Å². The van der Waals surface area contributed by atoms with Gasteiger partial charge in [0.15, 0.2) is 0 Å². The van der Waals surface area contributed by atoms with Gasteiger partial charge in [-0.1, -0.05) is 0 Å². The number of hydrogen-bond donors (Lipinski definition) is 1. The van der Waals surface area contributed by atoms with Gasteiger partial charge in [0.05, 0.1) is 0 Å². The molecule has 1 aliphatic rings. The topological polar surface area (TPSA) is 41.1 Å². The Hall–Kier alpha value is -1.32. The summed E-state index contributed by atoms with van der Waals surface area (Å²) in [7, 11) is 0. The van der Waals surface area contributed by atoms with E-state index in [2.05, 4.69) is 41.0 Å². The maximum Gasteiger partial charge on any atom is 0.137 e. The lowest BCUT2D eigenvalue weighted by Gasteiger charge is -2.25. The van der Waals surface area contributed by atoms with Gasteiger partial charge in [-0.2, -0.15) is 0 Å². The van der Waals surface area contributed by atoms with E-state index in [0.29, 0.717) is 0 Å². The van der Waals surface area contributed by atoms with E-state index in [-0.39, 0.29) is 0 Å². The molecular weight excluding hydrogens is 224 g/mol. The Kier molecular flexibility index (Phi) is 4.04. The van der Waals surface area contributed by atoms with Crippen LogP contribution in [0.5, 0.6) is 0 Å². The lowest BCUT2D eigenvalue weighted by molar-refractivity contribution is 0.725. The molecule has 1 aromatic heterocycles. The number of anilines is 2. The maximum atomic E-state index is 4.64. The molecule has 0 atom stereocenters. The summed E-state index contributed by atoms with van der Waals surface area (Å²) in [6.45, 7) is 11.4. The van der Waals surface area contributed by atoms with Crippen molar-refractivity contribution in [2.75, 3.05) is 29.9 Å². The Morgan fingerprint density at radius 2 is 1.94 bits per heavy atom. The molecule has 1 aliphatic carbocycles. The van der Waals surface area contributed by atoms with Crippen molar-refractivity contribution in [3.63, 3.8) is 0 Å². The lowest BCUT2D eigenvalue weighted by Crippen LogP contribution is -2.27. The van der Waals surface area contributed by atoms with Gasteiger partial charge in [-0.3, -0.25) is 0 Å². The van der Waals surface area contributed by atoms with Crippen molar-refractivity contribution in [3.8, 4) is 0 Å². The Morgan fingerprint density at radius 3 is 2.50 bits per heavy atom. The molecule has 1 aromatic rings. The Morgan fingerprint density at radius 1 is 1.22 bits per heavy atom. The largest absolute Gasteiger partial charge is 0.370 e. The highest BCUT2D eigenvalue weighted by Crippen LogP contribution is 2.32. The second-order valence-electron chi connectivity index (χ2n) is 5.08. The average molecular weight is 248 g/mol. The molecule has 18 heavy (non-hydrogen) atoms. The van der Waals surface area contributed by atoms with Gasteiger partial charge in [-0.05, 0) is 46.5 Å². The molecule has 0 radical (unpaired) electrons. The van der Waals surface area contributed by atoms with Crippen molar-refractivity contribution in [2.45, 2.75) is 40.5 Å². The van der Waals surface area contributed by atoms with Crippen LogP contribution in [0, 0.1) is 19.8 Å². The van der Waals surface area contributed by atoms with Gasteiger partial charge in [-0.25, -0.2) is 9.97 Å². The van der Waals surface area contributed by atoms with Gasteiger partial charge in [0.1, 0.15) is 17.5 Å². The van der Waals surface area contributed by atoms with Crippen LogP contribution in [0.2, 0.25) is 0 Å². The number of hydrogen-bond acceptors (Lipinski definition) is 4. The molecule has 0 aromatic carbocycles. The van der Waals surface area contributed by atoms with E-state index >= 15 is 0 Å². The minimum Gasteiger partial charge on any atom is -0.370 e. The highest BCUT2D eigenvalue weighted by Gasteiger charge is 2.25. The van der Waals surface area contributed by atoms with Crippen LogP contribution in [0.15, 0.2) is 0 Å². The fourth-order valence-corrected chi connectivity index (χ4v) is 2.24. The van der Waals surface area contributed by atoms with Gasteiger partial charge in [-0.15, -0.1) is 0 Å². The molecule has 0 unspecified atom stereocenters. The van der Waals surface area contributed by atoms with Gasteiger partial charge < -0.3 is 10.2 Å². The minimum absolute atomic E-state index is 0.848. The fraction of sp³-hybridized carbons (Fsp3) is 0.714. The van der Waals surface area contributed by atoms with Crippen molar-refractivity contribution in [3.05, 3.63) is 11.4 Å². The maximum absolute atomic E-state index is 4.64. The van der Waals surface area contributed by atoms with Crippen molar-refractivity contribution in [2.24, 2.45) is 5.92 Å². The van der Waals surface area contributed by atoms with E-state index in [9.17, 15) is 0 Å². The molecule has 0 amide bonds. The van der Waals surface area contributed by atoms with E-state index in [1.165, 1.54) is 18.4 Å². The molecule has 4 nitrogen and oxygen atoms in total. The minimum atomic E-state index is 0.848. The van der Waals surface area contributed by atoms with Crippen LogP contribution >= 0.6 is 0 Å². The molecule has 0 bridgehead atoms. The number of nitrogens with one attached hydrogen (secondary N) is 1. The molecule has 0 aliphatic heterocycles. The zero-order valence-electron chi connectivity index (χ0n) is 12.0. The van der Waals surface area contributed by atoms with E-state index in [0.717, 1.165) is 43.0 Å². The normalized spacial score (nSPS) is 14.7. The third kappa shape index (κ3) is 2.92. The van der Waals surface area contributed by atoms with Crippen LogP contribution < -0.4 is 10.2 Å². The molecule has 1 saturated carbocycles. The molecule has 1 fully saturated rings. The summed E-state index contributed by atoms with van der Waals surface area (Å²) in [6, 6.07) is 0. The second-order valence-corrected chi connectivity index (χ2v) is 5.08. The predicted molar refractivity (Wildman–Crippen MR) is 76.3 cm³/mol. The third-order valence-electron chi connectivity index (χ3n) is 3.43. The van der Waals surface area contributed by atoms with Gasteiger partial charge in [0.25, 0.3) is 0 Å². The first-order valence-corrected chi connectivity index (χ1v) is 6.99. The van der Waals surface area contributed by atoms with Crippen molar-refractivity contribution < 1.29 is 0 Å². The summed E-state index contributed by atoms with van der Waals surface area (Å²) in [5, 5.41) is 3.33. The van der Waals surface area contributed by atoms with Crippen LogP contribution in [-0.2, 0) is 0 Å². The quantitative estimate of drug-likeness (QED) is 0.840. The zero-order chi connectivity index (χ0) is 13.1. The monoisotopic (exact) mass is 248 g/mol. The van der Waals surface area contributed by atoms with Crippen molar-refractivity contribution in [1.29, 1.82) is 0 Å². The average Bonchev–Trinajstić information content (AvgIpc) is 3.15. The first kappa shape index (κ1) is 13.1. The van der Waals surface area contributed by atoms with Crippen molar-refractivity contribution in [1.82, 2.24) is 9.97 Å². The van der Waals surface area contributed by atoms with Gasteiger partial charge in [0.2, 0.25) is 0 Å². The summed E-state index contributed by atoms with van der Waals surface area (Å²) in [5.41, 5.74) is 1.17. The van der Waals surface area contributed by atoms with Crippen LogP contribution in [0.1, 0.15) is 38.1 Å². The van der Waals surface area contributed by atoms with Crippen LogP contribution in [-0.4, -0.2) is 29.6 Å². The molecule has 1 N–H and O–H groups in total. The molecule has 0 spiro atoms. The summed E-state index contributed by atoms with van der Waals surface area (Å²) >= 11 is 0.